The van der Waals surface area contributed by atoms with Crippen molar-refractivity contribution in [2.24, 2.45) is 5.92 Å². The summed E-state index contributed by atoms with van der Waals surface area (Å²) in [4.78, 5) is 25.0. The van der Waals surface area contributed by atoms with Gasteiger partial charge in [-0.1, -0.05) is 19.8 Å². The summed E-state index contributed by atoms with van der Waals surface area (Å²) in [6.07, 6.45) is 4.92. The molecule has 0 saturated heterocycles. The quantitative estimate of drug-likeness (QED) is 0.762. The Hall–Kier alpha value is -1.10. The topological polar surface area (TPSA) is 58.6 Å². The van der Waals surface area contributed by atoms with Crippen LogP contribution in [0.3, 0.4) is 0 Å². The van der Waals surface area contributed by atoms with Gasteiger partial charge >= 0.3 is 5.97 Å². The van der Waals surface area contributed by atoms with Gasteiger partial charge in [0.05, 0.1) is 7.11 Å². The molecule has 1 fully saturated rings. The van der Waals surface area contributed by atoms with Gasteiger partial charge in [0.25, 0.3) is 0 Å². The van der Waals surface area contributed by atoms with Crippen LogP contribution >= 0.6 is 0 Å². The largest absolute Gasteiger partial charge is 0.467 e. The number of nitrogens with one attached hydrogen (secondary N) is 1. The zero-order valence-electron chi connectivity index (χ0n) is 12.4. The van der Waals surface area contributed by atoms with E-state index in [9.17, 15) is 9.59 Å². The lowest BCUT2D eigenvalue weighted by Gasteiger charge is -2.37. The molecular formula is C14H26N2O3. The van der Waals surface area contributed by atoms with Crippen molar-refractivity contribution < 1.29 is 14.3 Å². The van der Waals surface area contributed by atoms with Gasteiger partial charge in [0, 0.05) is 19.5 Å². The Morgan fingerprint density at radius 1 is 1.37 bits per heavy atom. The summed E-state index contributed by atoms with van der Waals surface area (Å²) >= 11 is 0. The molecule has 0 aromatic rings. The highest BCUT2D eigenvalue weighted by molar-refractivity contribution is 5.83. The zero-order chi connectivity index (χ0) is 14.4. The summed E-state index contributed by atoms with van der Waals surface area (Å²) < 4.78 is 4.75. The first-order valence-corrected chi connectivity index (χ1v) is 7.01. The van der Waals surface area contributed by atoms with Crippen LogP contribution in [0.5, 0.6) is 0 Å². The van der Waals surface area contributed by atoms with Gasteiger partial charge < -0.3 is 15.0 Å². The summed E-state index contributed by atoms with van der Waals surface area (Å²) in [5.41, 5.74) is 0. The van der Waals surface area contributed by atoms with Crippen molar-refractivity contribution in [3.63, 3.8) is 0 Å². The predicted octanol–water partition coefficient (Wildman–Crippen LogP) is 1.17. The van der Waals surface area contributed by atoms with E-state index in [1.807, 2.05) is 7.05 Å². The fourth-order valence-electron chi connectivity index (χ4n) is 2.94. The first-order valence-electron chi connectivity index (χ1n) is 7.01. The Morgan fingerprint density at radius 3 is 2.53 bits per heavy atom. The maximum atomic E-state index is 11.7. The van der Waals surface area contributed by atoms with E-state index >= 15 is 0 Å². The maximum absolute atomic E-state index is 11.7. The Kier molecular flexibility index (Phi) is 6.28. The SMILES string of the molecule is COC(=O)C(CN(C)C1CCCCC1C)NC(C)=O. The molecule has 3 unspecified atom stereocenters. The van der Waals surface area contributed by atoms with Crippen molar-refractivity contribution in [1.29, 1.82) is 0 Å². The fraction of sp³-hybridized carbons (Fsp3) is 0.857. The third-order valence-electron chi connectivity index (χ3n) is 3.97. The van der Waals surface area contributed by atoms with Crippen LogP contribution in [0, 0.1) is 5.92 Å². The fourth-order valence-corrected chi connectivity index (χ4v) is 2.94. The Labute approximate surface area is 115 Å². The van der Waals surface area contributed by atoms with Crippen LogP contribution in [-0.2, 0) is 14.3 Å². The van der Waals surface area contributed by atoms with Crippen molar-refractivity contribution >= 4 is 11.9 Å². The maximum Gasteiger partial charge on any atom is 0.329 e. The first kappa shape index (κ1) is 16.0. The molecule has 0 bridgehead atoms. The van der Waals surface area contributed by atoms with Gasteiger partial charge in [0.15, 0.2) is 0 Å². The molecule has 0 aromatic heterocycles. The number of amides is 1. The molecule has 0 spiro atoms. The highest BCUT2D eigenvalue weighted by Crippen LogP contribution is 2.27. The van der Waals surface area contributed by atoms with E-state index in [0.717, 1.165) is 6.42 Å². The van der Waals surface area contributed by atoms with E-state index in [2.05, 4.69) is 17.1 Å². The van der Waals surface area contributed by atoms with Crippen LogP contribution in [0.4, 0.5) is 0 Å². The minimum atomic E-state index is -0.582. The standard InChI is InChI=1S/C14H26N2O3/c1-10-7-5-6-8-13(10)16(3)9-12(14(18)19-4)15-11(2)17/h10,12-13H,5-9H2,1-4H3,(H,15,17). The minimum absolute atomic E-state index is 0.208. The van der Waals surface area contributed by atoms with Crippen molar-refractivity contribution in [1.82, 2.24) is 10.2 Å². The molecule has 5 nitrogen and oxygen atoms in total. The van der Waals surface area contributed by atoms with Gasteiger partial charge in [-0.3, -0.25) is 4.79 Å². The van der Waals surface area contributed by atoms with E-state index in [-0.39, 0.29) is 11.9 Å². The summed E-state index contributed by atoms with van der Waals surface area (Å²) in [7, 11) is 3.37. The van der Waals surface area contributed by atoms with E-state index in [0.29, 0.717) is 18.5 Å². The normalized spacial score (nSPS) is 24.9. The van der Waals surface area contributed by atoms with E-state index in [1.165, 1.54) is 33.3 Å². The number of ether oxygens (including phenoxy) is 1. The average Bonchev–Trinajstić information content (AvgIpc) is 2.36. The zero-order valence-corrected chi connectivity index (χ0v) is 12.4. The van der Waals surface area contributed by atoms with Gasteiger partial charge in [-0.15, -0.1) is 0 Å². The van der Waals surface area contributed by atoms with Crippen LogP contribution in [0.25, 0.3) is 0 Å². The molecule has 110 valence electrons. The predicted molar refractivity (Wildman–Crippen MR) is 73.7 cm³/mol. The van der Waals surface area contributed by atoms with Crippen LogP contribution in [0.2, 0.25) is 0 Å². The second kappa shape index (κ2) is 7.48. The first-order chi connectivity index (χ1) is 8.95. The molecule has 0 aliphatic heterocycles. The molecule has 1 rings (SSSR count). The molecule has 1 saturated carbocycles. The molecule has 1 amide bonds. The number of esters is 1. The number of hydrogen-bond donors (Lipinski definition) is 1. The van der Waals surface area contributed by atoms with Crippen molar-refractivity contribution in [3.05, 3.63) is 0 Å². The molecule has 5 heteroatoms. The van der Waals surface area contributed by atoms with Gasteiger partial charge in [-0.2, -0.15) is 0 Å². The summed E-state index contributed by atoms with van der Waals surface area (Å²) in [6, 6.07) is -0.101. The average molecular weight is 270 g/mol. The number of carbonyl (C=O) groups excluding carboxylic acids is 2. The summed E-state index contributed by atoms with van der Waals surface area (Å²) in [5, 5.41) is 2.66. The highest BCUT2D eigenvalue weighted by atomic mass is 16.5. The lowest BCUT2D eigenvalue weighted by molar-refractivity contribution is -0.145. The van der Waals surface area contributed by atoms with Gasteiger partial charge in [-0.05, 0) is 25.8 Å². The van der Waals surface area contributed by atoms with Gasteiger partial charge in [0.2, 0.25) is 5.91 Å². The van der Waals surface area contributed by atoms with E-state index in [1.54, 1.807) is 0 Å². The van der Waals surface area contributed by atoms with Gasteiger partial charge in [-0.25, -0.2) is 4.79 Å². The molecular weight excluding hydrogens is 244 g/mol. The summed E-state index contributed by atoms with van der Waals surface area (Å²) in [5.74, 6) is 0.0420. The van der Waals surface area contributed by atoms with Crippen LogP contribution in [0.15, 0.2) is 0 Å². The molecule has 1 aliphatic rings. The molecule has 19 heavy (non-hydrogen) atoms. The second-order valence-electron chi connectivity index (χ2n) is 5.54. The number of nitrogens with zero attached hydrogens (tertiary/aromatic N) is 1. The summed E-state index contributed by atoms with van der Waals surface area (Å²) in [6.45, 7) is 4.17. The number of likely N-dealkylation sites (N-methyl/N-ethyl adjacent to an activating group) is 1. The number of methoxy groups -OCH3 is 1. The highest BCUT2D eigenvalue weighted by Gasteiger charge is 2.29. The molecule has 1 N–H and O–H groups in total. The second-order valence-corrected chi connectivity index (χ2v) is 5.54. The van der Waals surface area contributed by atoms with Crippen LogP contribution < -0.4 is 5.32 Å². The van der Waals surface area contributed by atoms with Crippen molar-refractivity contribution in [2.75, 3.05) is 20.7 Å². The number of carbonyl (C=O) groups is 2. The third kappa shape index (κ3) is 4.82. The smallest absolute Gasteiger partial charge is 0.329 e. The van der Waals surface area contributed by atoms with Crippen LogP contribution in [-0.4, -0.2) is 49.6 Å². The van der Waals surface area contributed by atoms with E-state index < -0.39 is 6.04 Å². The molecule has 0 aromatic carbocycles. The van der Waals surface area contributed by atoms with Crippen LogP contribution in [0.1, 0.15) is 39.5 Å². The Balaban J connectivity index is 2.61. The minimum Gasteiger partial charge on any atom is -0.467 e. The third-order valence-corrected chi connectivity index (χ3v) is 3.97. The number of hydrogen-bond acceptors (Lipinski definition) is 4. The molecule has 1 aliphatic carbocycles. The van der Waals surface area contributed by atoms with Crippen molar-refractivity contribution in [3.8, 4) is 0 Å². The monoisotopic (exact) mass is 270 g/mol. The lowest BCUT2D eigenvalue weighted by Crippen LogP contribution is -2.51. The number of rotatable bonds is 5. The molecule has 0 radical (unpaired) electrons. The Bertz CT molecular complexity index is 320. The lowest BCUT2D eigenvalue weighted by atomic mass is 9.85. The molecule has 0 heterocycles. The van der Waals surface area contributed by atoms with Crippen molar-refractivity contribution in [2.45, 2.75) is 51.6 Å². The van der Waals surface area contributed by atoms with Gasteiger partial charge in [0.1, 0.15) is 6.04 Å². The Morgan fingerprint density at radius 2 is 2.00 bits per heavy atom. The molecule has 3 atom stereocenters. The van der Waals surface area contributed by atoms with E-state index in [4.69, 9.17) is 4.74 Å².